The summed E-state index contributed by atoms with van der Waals surface area (Å²) in [6, 6.07) is 0.686. The Labute approximate surface area is 73.6 Å². The molecule has 2 nitrogen and oxygen atoms in total. The molecule has 2 atom stereocenters. The highest BCUT2D eigenvalue weighted by atomic mass is 28.1. The molecule has 0 spiro atoms. The summed E-state index contributed by atoms with van der Waals surface area (Å²) in [7, 11) is 1.30. The van der Waals surface area contributed by atoms with Gasteiger partial charge in [-0.1, -0.05) is 20.3 Å². The van der Waals surface area contributed by atoms with Crippen molar-refractivity contribution < 1.29 is 0 Å². The van der Waals surface area contributed by atoms with Crippen molar-refractivity contribution in [2.24, 2.45) is 0 Å². The van der Waals surface area contributed by atoms with Gasteiger partial charge in [-0.05, 0) is 19.0 Å². The van der Waals surface area contributed by atoms with Gasteiger partial charge in [0.25, 0.3) is 0 Å². The summed E-state index contributed by atoms with van der Waals surface area (Å²) in [5, 5.41) is 6.72. The third kappa shape index (κ3) is 5.41. The minimum absolute atomic E-state index is 0.686. The average molecular weight is 174 g/mol. The van der Waals surface area contributed by atoms with Crippen LogP contribution in [0.1, 0.15) is 27.2 Å². The Balaban J connectivity index is 3.28. The molecule has 0 rings (SSSR count). The van der Waals surface area contributed by atoms with Crippen molar-refractivity contribution in [1.29, 1.82) is 0 Å². The van der Waals surface area contributed by atoms with Crippen LogP contribution in [0, 0.1) is 0 Å². The first-order valence-corrected chi connectivity index (χ1v) is 5.81. The molecular formula is C8H22N2Si. The Morgan fingerprint density at radius 2 is 2.00 bits per heavy atom. The van der Waals surface area contributed by atoms with Gasteiger partial charge in [0.1, 0.15) is 0 Å². The predicted octanol–water partition coefficient (Wildman–Crippen LogP) is 0.0954. The van der Waals surface area contributed by atoms with E-state index in [0.29, 0.717) is 6.04 Å². The van der Waals surface area contributed by atoms with Crippen LogP contribution in [0.25, 0.3) is 0 Å². The largest absolute Gasteiger partial charge is 0.305 e. The zero-order chi connectivity index (χ0) is 8.69. The lowest BCUT2D eigenvalue weighted by Gasteiger charge is -2.19. The van der Waals surface area contributed by atoms with Crippen molar-refractivity contribution in [2.75, 3.05) is 13.2 Å². The van der Waals surface area contributed by atoms with Gasteiger partial charge in [0.2, 0.25) is 0 Å². The lowest BCUT2D eigenvalue weighted by Crippen LogP contribution is -2.37. The molecule has 0 aliphatic carbocycles. The fourth-order valence-corrected chi connectivity index (χ4v) is 1.15. The molecule has 2 N–H and O–H groups in total. The van der Waals surface area contributed by atoms with Crippen LogP contribution < -0.4 is 10.6 Å². The lowest BCUT2D eigenvalue weighted by atomic mass is 10.2. The van der Waals surface area contributed by atoms with Gasteiger partial charge in [0.05, 0.1) is 0 Å². The van der Waals surface area contributed by atoms with Crippen LogP contribution in [0.4, 0.5) is 0 Å². The third-order valence-electron chi connectivity index (χ3n) is 2.30. The minimum atomic E-state index is 0.686. The van der Waals surface area contributed by atoms with E-state index in [-0.39, 0.29) is 0 Å². The summed E-state index contributed by atoms with van der Waals surface area (Å²) in [6.07, 6.45) is 1.31. The number of nitrogens with one attached hydrogen (secondary N) is 2. The Bertz CT molecular complexity index is 88.2. The molecule has 0 heterocycles. The zero-order valence-corrected chi connectivity index (χ0v) is 10.3. The number of hydrogen-bond donors (Lipinski definition) is 2. The molecule has 0 aliphatic rings. The molecule has 0 radical (unpaired) electrons. The maximum absolute atomic E-state index is 3.46. The van der Waals surface area contributed by atoms with Gasteiger partial charge >= 0.3 is 0 Å². The molecule has 3 heteroatoms. The van der Waals surface area contributed by atoms with Gasteiger partial charge in [0, 0.05) is 23.0 Å². The van der Waals surface area contributed by atoms with Gasteiger partial charge in [-0.2, -0.15) is 0 Å². The smallest absolute Gasteiger partial charge is 0.0456 e. The molecule has 0 aliphatic heterocycles. The maximum Gasteiger partial charge on any atom is 0.0456 e. The Morgan fingerprint density at radius 1 is 1.36 bits per heavy atom. The van der Waals surface area contributed by atoms with Crippen molar-refractivity contribution in [3.63, 3.8) is 0 Å². The Kier molecular flexibility index (Phi) is 6.91. The van der Waals surface area contributed by atoms with Crippen LogP contribution in [-0.2, 0) is 0 Å². The first-order valence-electron chi connectivity index (χ1n) is 4.66. The number of hydrogen-bond acceptors (Lipinski definition) is 2. The Hall–Kier alpha value is 0.137. The van der Waals surface area contributed by atoms with Crippen LogP contribution in [0.3, 0.4) is 0 Å². The van der Waals surface area contributed by atoms with E-state index in [1.165, 1.54) is 16.7 Å². The fraction of sp³-hybridized carbons (Fsp3) is 1.00. The quantitative estimate of drug-likeness (QED) is 0.339. The molecule has 11 heavy (non-hydrogen) atoms. The second-order valence-electron chi connectivity index (χ2n) is 3.16. The third-order valence-corrected chi connectivity index (χ3v) is 4.11. The van der Waals surface area contributed by atoms with Crippen LogP contribution in [0.15, 0.2) is 0 Å². The predicted molar refractivity (Wildman–Crippen MR) is 55.1 cm³/mol. The van der Waals surface area contributed by atoms with Crippen LogP contribution in [0.2, 0.25) is 5.54 Å². The molecule has 0 aromatic rings. The van der Waals surface area contributed by atoms with Crippen molar-refractivity contribution in [1.82, 2.24) is 10.6 Å². The van der Waals surface area contributed by atoms with E-state index in [9.17, 15) is 0 Å². The van der Waals surface area contributed by atoms with E-state index in [1.54, 1.807) is 0 Å². The molecule has 0 saturated heterocycles. The monoisotopic (exact) mass is 174 g/mol. The van der Waals surface area contributed by atoms with Crippen molar-refractivity contribution in [2.45, 2.75) is 38.8 Å². The summed E-state index contributed by atoms with van der Waals surface area (Å²) in [4.78, 5) is 0. The first-order chi connectivity index (χ1) is 5.22. The summed E-state index contributed by atoms with van der Waals surface area (Å²) < 4.78 is 0. The van der Waals surface area contributed by atoms with Crippen molar-refractivity contribution in [3.8, 4) is 0 Å². The summed E-state index contributed by atoms with van der Waals surface area (Å²) in [5.41, 5.74) is 0.911. The highest BCUT2D eigenvalue weighted by molar-refractivity contribution is 6.12. The van der Waals surface area contributed by atoms with E-state index >= 15 is 0 Å². The molecule has 0 saturated carbocycles. The van der Waals surface area contributed by atoms with Crippen LogP contribution >= 0.6 is 0 Å². The van der Waals surface area contributed by atoms with E-state index in [0.717, 1.165) is 18.8 Å². The van der Waals surface area contributed by atoms with Gasteiger partial charge in [-0.3, -0.25) is 0 Å². The van der Waals surface area contributed by atoms with Crippen LogP contribution in [0.5, 0.6) is 0 Å². The van der Waals surface area contributed by atoms with E-state index < -0.39 is 0 Å². The SMILES string of the molecule is CCNCNC(C)C([SiH3])CC. The van der Waals surface area contributed by atoms with Gasteiger partial charge in [-0.25, -0.2) is 0 Å². The second-order valence-corrected chi connectivity index (χ2v) is 4.64. The van der Waals surface area contributed by atoms with Crippen molar-refractivity contribution in [3.05, 3.63) is 0 Å². The fourth-order valence-electron chi connectivity index (χ4n) is 0.913. The van der Waals surface area contributed by atoms with Crippen LogP contribution in [-0.4, -0.2) is 29.5 Å². The van der Waals surface area contributed by atoms with Crippen molar-refractivity contribution >= 4 is 10.2 Å². The minimum Gasteiger partial charge on any atom is -0.305 e. The Morgan fingerprint density at radius 3 is 2.45 bits per heavy atom. The standard InChI is InChI=1S/C8H22N2Si/c1-4-8(11)7(3)10-6-9-5-2/h7-10H,4-6H2,1-3,11H3. The molecule has 0 amide bonds. The van der Waals surface area contributed by atoms with Gasteiger partial charge in [0.15, 0.2) is 0 Å². The summed E-state index contributed by atoms with van der Waals surface area (Å²) in [5.74, 6) is 0. The summed E-state index contributed by atoms with van der Waals surface area (Å²) >= 11 is 0. The normalized spacial score (nSPS) is 16.6. The first kappa shape index (κ1) is 11.1. The van der Waals surface area contributed by atoms with Gasteiger partial charge < -0.3 is 10.6 Å². The van der Waals surface area contributed by atoms with Gasteiger partial charge in [-0.15, -0.1) is 0 Å². The molecule has 2 unspecified atom stereocenters. The molecule has 0 aromatic carbocycles. The molecule has 0 fully saturated rings. The van der Waals surface area contributed by atoms with E-state index in [2.05, 4.69) is 31.4 Å². The molecule has 0 aromatic heterocycles. The average Bonchev–Trinajstić information content (AvgIpc) is 2.03. The van der Waals surface area contributed by atoms with E-state index in [4.69, 9.17) is 0 Å². The lowest BCUT2D eigenvalue weighted by molar-refractivity contribution is 0.481. The molecule has 0 bridgehead atoms. The maximum atomic E-state index is 3.46. The van der Waals surface area contributed by atoms with E-state index in [1.807, 2.05) is 0 Å². The topological polar surface area (TPSA) is 24.1 Å². The second kappa shape index (κ2) is 6.82. The molecular weight excluding hydrogens is 152 g/mol. The highest BCUT2D eigenvalue weighted by Gasteiger charge is 2.07. The molecule has 68 valence electrons. The summed E-state index contributed by atoms with van der Waals surface area (Å²) in [6.45, 7) is 8.68. The zero-order valence-electron chi connectivity index (χ0n) is 8.28. The number of rotatable bonds is 6. The highest BCUT2D eigenvalue weighted by Crippen LogP contribution is 2.08.